The van der Waals surface area contributed by atoms with Gasteiger partial charge >= 0.3 is 5.97 Å². The van der Waals surface area contributed by atoms with Gasteiger partial charge in [0.2, 0.25) is 0 Å². The molecule has 1 heterocycles. The summed E-state index contributed by atoms with van der Waals surface area (Å²) >= 11 is 7.11. The Balaban J connectivity index is 2.20. The van der Waals surface area contributed by atoms with Crippen LogP contribution in [0.2, 0.25) is 5.02 Å². The van der Waals surface area contributed by atoms with Crippen molar-refractivity contribution in [3.8, 4) is 0 Å². The lowest BCUT2D eigenvalue weighted by Crippen LogP contribution is -2.20. The van der Waals surface area contributed by atoms with E-state index in [0.717, 1.165) is 11.3 Å². The highest BCUT2D eigenvalue weighted by atomic mass is 35.5. The number of thiophene rings is 1. The van der Waals surface area contributed by atoms with Crippen molar-refractivity contribution in [1.82, 2.24) is 0 Å². The van der Waals surface area contributed by atoms with Crippen molar-refractivity contribution >= 4 is 34.6 Å². The van der Waals surface area contributed by atoms with Gasteiger partial charge in [0.25, 0.3) is 0 Å². The first-order valence-corrected chi connectivity index (χ1v) is 7.05. The summed E-state index contributed by atoms with van der Waals surface area (Å²) in [4.78, 5) is 13.3. The van der Waals surface area contributed by atoms with Crippen molar-refractivity contribution in [2.45, 2.75) is 13.0 Å². The fraction of sp³-hybridized carbons (Fsp3) is 0.214. The first-order chi connectivity index (χ1) is 8.99. The molecule has 0 bridgehead atoms. The van der Waals surface area contributed by atoms with E-state index in [-0.39, 0.29) is 6.04 Å². The topological polar surface area (TPSA) is 40.5 Å². The van der Waals surface area contributed by atoms with Crippen LogP contribution in [-0.4, -0.2) is 18.1 Å². The minimum absolute atomic E-state index is 0.147. The molecule has 0 saturated carbocycles. The lowest BCUT2D eigenvalue weighted by molar-refractivity contribution is 0.0702. The lowest BCUT2D eigenvalue weighted by Gasteiger charge is -2.26. The van der Waals surface area contributed by atoms with Crippen molar-refractivity contribution in [3.63, 3.8) is 0 Å². The highest BCUT2D eigenvalue weighted by Gasteiger charge is 2.15. The number of halogens is 1. The van der Waals surface area contributed by atoms with Gasteiger partial charge in [0.05, 0.1) is 6.04 Å². The summed E-state index contributed by atoms with van der Waals surface area (Å²) in [6, 6.07) is 9.52. The molecule has 0 amide bonds. The summed E-state index contributed by atoms with van der Waals surface area (Å²) in [5, 5.41) is 11.5. The van der Waals surface area contributed by atoms with E-state index in [1.54, 1.807) is 6.07 Å². The molecule has 2 rings (SSSR count). The molecule has 1 N–H and O–H groups in total. The zero-order valence-electron chi connectivity index (χ0n) is 10.6. The van der Waals surface area contributed by atoms with Crippen LogP contribution in [0.4, 0.5) is 5.69 Å². The number of hydrogen-bond donors (Lipinski definition) is 1. The van der Waals surface area contributed by atoms with Crippen molar-refractivity contribution < 1.29 is 9.90 Å². The van der Waals surface area contributed by atoms with Crippen LogP contribution in [0.5, 0.6) is 0 Å². The number of hydrogen-bond acceptors (Lipinski definition) is 3. The van der Waals surface area contributed by atoms with Crippen LogP contribution in [0, 0.1) is 0 Å². The number of nitrogens with zero attached hydrogens (tertiary/aromatic N) is 1. The zero-order valence-corrected chi connectivity index (χ0v) is 12.2. The Bertz CT molecular complexity index is 579. The molecule has 1 atom stereocenters. The zero-order chi connectivity index (χ0) is 14.0. The largest absolute Gasteiger partial charge is 0.477 e. The number of carboxylic acids is 1. The van der Waals surface area contributed by atoms with Crippen LogP contribution in [0.15, 0.2) is 35.7 Å². The predicted octanol–water partition coefficient (Wildman–Crippen LogP) is 4.30. The van der Waals surface area contributed by atoms with Crippen LogP contribution in [-0.2, 0) is 0 Å². The molecule has 0 radical (unpaired) electrons. The average Bonchev–Trinajstić information content (AvgIpc) is 2.87. The maximum atomic E-state index is 10.9. The van der Waals surface area contributed by atoms with Crippen LogP contribution >= 0.6 is 22.9 Å². The van der Waals surface area contributed by atoms with Crippen LogP contribution < -0.4 is 4.90 Å². The first kappa shape index (κ1) is 13.9. The second-order valence-electron chi connectivity index (χ2n) is 4.31. The quantitative estimate of drug-likeness (QED) is 0.914. The standard InChI is InChI=1S/C14H14ClNO2S/c1-9(10-3-5-11(15)6-4-10)16(2)12-7-13(14(17)18)19-8-12/h3-9H,1-2H3,(H,17,18). The number of benzene rings is 1. The molecule has 5 heteroatoms. The van der Waals surface area contributed by atoms with E-state index in [2.05, 4.69) is 6.92 Å². The van der Waals surface area contributed by atoms with Gasteiger partial charge in [-0.25, -0.2) is 4.79 Å². The SMILES string of the molecule is CC(c1ccc(Cl)cc1)N(C)c1csc(C(=O)O)c1. The second kappa shape index (κ2) is 5.63. The molecule has 1 aromatic carbocycles. The van der Waals surface area contributed by atoms with Crippen LogP contribution in [0.1, 0.15) is 28.2 Å². The number of anilines is 1. The van der Waals surface area contributed by atoms with Gasteiger partial charge in [-0.2, -0.15) is 0 Å². The van der Waals surface area contributed by atoms with E-state index < -0.39 is 5.97 Å². The van der Waals surface area contributed by atoms with E-state index in [9.17, 15) is 4.79 Å². The van der Waals surface area contributed by atoms with E-state index in [4.69, 9.17) is 16.7 Å². The summed E-state index contributed by atoms with van der Waals surface area (Å²) in [5.41, 5.74) is 2.04. The maximum Gasteiger partial charge on any atom is 0.345 e. The maximum absolute atomic E-state index is 10.9. The van der Waals surface area contributed by atoms with E-state index in [1.165, 1.54) is 11.3 Å². The average molecular weight is 296 g/mol. The Labute approximate surface area is 121 Å². The summed E-state index contributed by atoms with van der Waals surface area (Å²) in [5.74, 6) is -0.885. The highest BCUT2D eigenvalue weighted by Crippen LogP contribution is 2.29. The van der Waals surface area contributed by atoms with Gasteiger partial charge in [-0.15, -0.1) is 11.3 Å². The number of carboxylic acid groups (broad SMARTS) is 1. The summed E-state index contributed by atoms with van der Waals surface area (Å²) < 4.78 is 0. The Morgan fingerprint density at radius 1 is 1.37 bits per heavy atom. The molecule has 0 aliphatic heterocycles. The van der Waals surface area contributed by atoms with Gasteiger partial charge < -0.3 is 10.0 Å². The predicted molar refractivity (Wildman–Crippen MR) is 79.5 cm³/mol. The van der Waals surface area contributed by atoms with Crippen molar-refractivity contribution in [2.24, 2.45) is 0 Å². The van der Waals surface area contributed by atoms with Crippen molar-refractivity contribution in [3.05, 3.63) is 51.2 Å². The third-order valence-electron chi connectivity index (χ3n) is 3.14. The Kier molecular flexibility index (Phi) is 4.12. The number of rotatable bonds is 4. The van der Waals surface area contributed by atoms with E-state index in [0.29, 0.717) is 9.90 Å². The Hall–Kier alpha value is -1.52. The van der Waals surface area contributed by atoms with Gasteiger partial charge in [0.15, 0.2) is 0 Å². The Morgan fingerprint density at radius 3 is 2.53 bits per heavy atom. The molecule has 100 valence electrons. The molecular weight excluding hydrogens is 282 g/mol. The minimum Gasteiger partial charge on any atom is -0.477 e. The molecule has 0 aliphatic carbocycles. The molecule has 0 aliphatic rings. The summed E-state index contributed by atoms with van der Waals surface area (Å²) in [6.45, 7) is 2.07. The van der Waals surface area contributed by atoms with Gasteiger partial charge in [-0.1, -0.05) is 23.7 Å². The van der Waals surface area contributed by atoms with Crippen molar-refractivity contribution in [2.75, 3.05) is 11.9 Å². The second-order valence-corrected chi connectivity index (χ2v) is 5.66. The normalized spacial score (nSPS) is 12.2. The smallest absolute Gasteiger partial charge is 0.345 e. The van der Waals surface area contributed by atoms with Crippen LogP contribution in [0.25, 0.3) is 0 Å². The first-order valence-electron chi connectivity index (χ1n) is 5.79. The molecular formula is C14H14ClNO2S. The molecule has 3 nitrogen and oxygen atoms in total. The fourth-order valence-corrected chi connectivity index (χ4v) is 2.71. The number of aromatic carboxylic acids is 1. The molecule has 0 saturated heterocycles. The molecule has 2 aromatic rings. The molecule has 1 unspecified atom stereocenters. The highest BCUT2D eigenvalue weighted by molar-refractivity contribution is 7.12. The third-order valence-corrected chi connectivity index (χ3v) is 4.29. The van der Waals surface area contributed by atoms with Crippen LogP contribution in [0.3, 0.4) is 0 Å². The third kappa shape index (κ3) is 3.08. The van der Waals surface area contributed by atoms with Gasteiger partial charge in [-0.3, -0.25) is 0 Å². The Morgan fingerprint density at radius 2 is 2.00 bits per heavy atom. The van der Waals surface area contributed by atoms with Gasteiger partial charge in [0, 0.05) is 23.1 Å². The molecule has 0 spiro atoms. The summed E-state index contributed by atoms with van der Waals surface area (Å²) in [7, 11) is 1.95. The van der Waals surface area contributed by atoms with E-state index in [1.807, 2.05) is 41.6 Å². The number of carbonyl (C=O) groups is 1. The molecule has 1 aromatic heterocycles. The van der Waals surface area contributed by atoms with Gasteiger partial charge in [-0.05, 0) is 30.7 Å². The van der Waals surface area contributed by atoms with Gasteiger partial charge in [0.1, 0.15) is 4.88 Å². The van der Waals surface area contributed by atoms with E-state index >= 15 is 0 Å². The minimum atomic E-state index is -0.885. The van der Waals surface area contributed by atoms with Crippen molar-refractivity contribution in [1.29, 1.82) is 0 Å². The fourth-order valence-electron chi connectivity index (χ4n) is 1.81. The summed E-state index contributed by atoms with van der Waals surface area (Å²) in [6.07, 6.45) is 0. The molecule has 0 fully saturated rings. The monoisotopic (exact) mass is 295 g/mol. The molecule has 19 heavy (non-hydrogen) atoms. The lowest BCUT2D eigenvalue weighted by atomic mass is 10.1.